The minimum atomic E-state index is -0.459. The van der Waals surface area contributed by atoms with Crippen LogP contribution in [0.2, 0.25) is 0 Å². The van der Waals surface area contributed by atoms with Crippen LogP contribution in [0.25, 0.3) is 0 Å². The number of aliphatic hydroxyl groups is 1. The van der Waals surface area contributed by atoms with Crippen LogP contribution in [0.3, 0.4) is 0 Å². The molecular weight excluding hydrogens is 404 g/mol. The summed E-state index contributed by atoms with van der Waals surface area (Å²) in [7, 11) is 0. The van der Waals surface area contributed by atoms with Crippen LogP contribution in [0, 0.1) is 5.92 Å². The van der Waals surface area contributed by atoms with Crippen molar-refractivity contribution in [2.45, 2.75) is 51.6 Å². The Morgan fingerprint density at radius 1 is 1.16 bits per heavy atom. The van der Waals surface area contributed by atoms with Gasteiger partial charge >= 0.3 is 0 Å². The Kier molecular flexibility index (Phi) is 7.76. The Balaban J connectivity index is 1.28. The maximum Gasteiger partial charge on any atom is 0.226 e. The van der Waals surface area contributed by atoms with Crippen LogP contribution in [-0.4, -0.2) is 54.9 Å². The van der Waals surface area contributed by atoms with Crippen molar-refractivity contribution >= 4 is 11.6 Å². The average molecular weight is 439 g/mol. The van der Waals surface area contributed by atoms with Gasteiger partial charge in [-0.05, 0) is 68.2 Å². The molecule has 1 aliphatic carbocycles. The average Bonchev–Trinajstić information content (AvgIpc) is 3.25. The van der Waals surface area contributed by atoms with Gasteiger partial charge in [-0.2, -0.15) is 4.98 Å². The summed E-state index contributed by atoms with van der Waals surface area (Å²) in [6.45, 7) is 5.26. The Labute approximate surface area is 190 Å². The van der Waals surface area contributed by atoms with Crippen molar-refractivity contribution in [3.63, 3.8) is 0 Å². The van der Waals surface area contributed by atoms with Gasteiger partial charge in [0.05, 0.1) is 31.5 Å². The summed E-state index contributed by atoms with van der Waals surface area (Å²) in [5.74, 6) is 1.77. The number of anilines is 1. The van der Waals surface area contributed by atoms with Gasteiger partial charge in [-0.3, -0.25) is 4.79 Å². The van der Waals surface area contributed by atoms with Crippen molar-refractivity contribution in [3.8, 4) is 5.88 Å². The fourth-order valence-electron chi connectivity index (χ4n) is 4.72. The van der Waals surface area contributed by atoms with Crippen molar-refractivity contribution in [1.29, 1.82) is 0 Å². The molecule has 32 heavy (non-hydrogen) atoms. The third kappa shape index (κ3) is 5.67. The number of hydrogen-bond donors (Lipinski definition) is 1. The van der Waals surface area contributed by atoms with E-state index in [1.807, 2.05) is 19.1 Å². The molecular formula is C26H34N2O4. The number of fused-ring (bicyclic) bond motifs is 1. The summed E-state index contributed by atoms with van der Waals surface area (Å²) in [6.07, 6.45) is 4.22. The highest BCUT2D eigenvalue weighted by atomic mass is 16.5. The normalized spacial score (nSPS) is 17.2. The van der Waals surface area contributed by atoms with E-state index < -0.39 is 6.10 Å². The Bertz CT molecular complexity index is 885. The zero-order chi connectivity index (χ0) is 22.3. The lowest BCUT2D eigenvalue weighted by Crippen LogP contribution is -2.36. The van der Waals surface area contributed by atoms with Crippen molar-refractivity contribution in [2.75, 3.05) is 37.8 Å². The molecule has 6 nitrogen and oxygen atoms in total. The predicted molar refractivity (Wildman–Crippen MR) is 125 cm³/mol. The quantitative estimate of drug-likeness (QED) is 0.569. The standard InChI is InChI=1S/C26H34N2O4/c1-2-32-26-23(10-12-25(27-26)28-13-15-31-16-14-28)24(30)11-9-22(29)8-7-19-17-20-5-3-4-6-21(20)18-19/h3-6,10,12,19,22,29H,2,7-9,11,13-18H2,1H3/t22-/m0/s1. The van der Waals surface area contributed by atoms with Gasteiger partial charge in [0.25, 0.3) is 0 Å². The fourth-order valence-corrected chi connectivity index (χ4v) is 4.72. The number of aromatic nitrogens is 1. The molecule has 1 saturated heterocycles. The van der Waals surface area contributed by atoms with E-state index in [2.05, 4.69) is 34.1 Å². The van der Waals surface area contributed by atoms with Crippen LogP contribution in [0.15, 0.2) is 36.4 Å². The lowest BCUT2D eigenvalue weighted by Gasteiger charge is -2.28. The number of carbonyl (C=O) groups is 1. The van der Waals surface area contributed by atoms with Gasteiger partial charge in [-0.15, -0.1) is 0 Å². The van der Waals surface area contributed by atoms with Gasteiger partial charge in [0.1, 0.15) is 5.82 Å². The molecule has 0 amide bonds. The molecule has 1 aliphatic heterocycles. The molecule has 1 fully saturated rings. The minimum Gasteiger partial charge on any atom is -0.477 e. The first-order chi connectivity index (χ1) is 15.6. The minimum absolute atomic E-state index is 0.0261. The zero-order valence-electron chi connectivity index (χ0n) is 19.0. The molecule has 0 radical (unpaired) electrons. The van der Waals surface area contributed by atoms with Crippen LogP contribution in [-0.2, 0) is 17.6 Å². The van der Waals surface area contributed by atoms with E-state index in [0.29, 0.717) is 50.0 Å². The summed E-state index contributed by atoms with van der Waals surface area (Å²) >= 11 is 0. The number of aliphatic hydroxyl groups excluding tert-OH is 1. The van der Waals surface area contributed by atoms with Crippen LogP contribution in [0.1, 0.15) is 54.1 Å². The number of nitrogens with zero attached hydrogens (tertiary/aromatic N) is 2. The molecule has 1 aromatic carbocycles. The highest BCUT2D eigenvalue weighted by molar-refractivity contribution is 5.98. The van der Waals surface area contributed by atoms with Crippen molar-refractivity contribution in [3.05, 3.63) is 53.1 Å². The number of rotatable bonds is 10. The number of hydrogen-bond acceptors (Lipinski definition) is 6. The maximum absolute atomic E-state index is 12.9. The van der Waals surface area contributed by atoms with Crippen LogP contribution >= 0.6 is 0 Å². The molecule has 0 saturated carbocycles. The van der Waals surface area contributed by atoms with Crippen molar-refractivity contribution < 1.29 is 19.4 Å². The highest BCUT2D eigenvalue weighted by Crippen LogP contribution is 2.30. The van der Waals surface area contributed by atoms with Gasteiger partial charge in [0.15, 0.2) is 5.78 Å². The molecule has 2 aromatic rings. The molecule has 1 N–H and O–H groups in total. The van der Waals surface area contributed by atoms with Crippen LogP contribution < -0.4 is 9.64 Å². The molecule has 0 bridgehead atoms. The first-order valence-corrected chi connectivity index (χ1v) is 11.9. The van der Waals surface area contributed by atoms with Gasteiger partial charge < -0.3 is 19.5 Å². The SMILES string of the molecule is CCOc1nc(N2CCOCC2)ccc1C(=O)CC[C@@H](O)CCC1Cc2ccccc2C1. The van der Waals surface area contributed by atoms with E-state index in [4.69, 9.17) is 9.47 Å². The monoisotopic (exact) mass is 438 g/mol. The number of pyridine rings is 1. The first-order valence-electron chi connectivity index (χ1n) is 11.9. The summed E-state index contributed by atoms with van der Waals surface area (Å²) in [6, 6.07) is 12.3. The van der Waals surface area contributed by atoms with Crippen molar-refractivity contribution in [2.24, 2.45) is 5.92 Å². The number of Topliss-reactive ketones (excluding diaryl/α,β-unsaturated/α-hetero) is 1. The van der Waals surface area contributed by atoms with Crippen molar-refractivity contribution in [1.82, 2.24) is 4.98 Å². The third-order valence-electron chi connectivity index (χ3n) is 6.51. The third-order valence-corrected chi connectivity index (χ3v) is 6.51. The lowest BCUT2D eigenvalue weighted by molar-refractivity contribution is 0.0922. The topological polar surface area (TPSA) is 71.9 Å². The molecule has 2 heterocycles. The summed E-state index contributed by atoms with van der Waals surface area (Å²) < 4.78 is 11.1. The number of carbonyl (C=O) groups excluding carboxylic acids is 1. The first kappa shape index (κ1) is 22.7. The zero-order valence-corrected chi connectivity index (χ0v) is 19.0. The number of ketones is 1. The van der Waals surface area contributed by atoms with Gasteiger partial charge in [-0.25, -0.2) is 0 Å². The molecule has 6 heteroatoms. The second kappa shape index (κ2) is 10.9. The molecule has 1 aromatic heterocycles. The number of morpholine rings is 1. The maximum atomic E-state index is 12.9. The Hall–Kier alpha value is -2.44. The smallest absolute Gasteiger partial charge is 0.226 e. The van der Waals surface area contributed by atoms with Gasteiger partial charge in [0.2, 0.25) is 5.88 Å². The van der Waals surface area contributed by atoms with E-state index in [-0.39, 0.29) is 5.78 Å². The van der Waals surface area contributed by atoms with E-state index >= 15 is 0 Å². The van der Waals surface area contributed by atoms with E-state index in [9.17, 15) is 9.90 Å². The number of benzene rings is 1. The number of ether oxygens (including phenoxy) is 2. The van der Waals surface area contributed by atoms with Gasteiger partial charge in [-0.1, -0.05) is 24.3 Å². The molecule has 2 aliphatic rings. The second-order valence-corrected chi connectivity index (χ2v) is 8.79. The predicted octanol–water partition coefficient (Wildman–Crippen LogP) is 3.84. The van der Waals surface area contributed by atoms with Gasteiger partial charge in [0, 0.05) is 19.5 Å². The lowest BCUT2D eigenvalue weighted by atomic mass is 9.95. The summed E-state index contributed by atoms with van der Waals surface area (Å²) in [4.78, 5) is 19.6. The highest BCUT2D eigenvalue weighted by Gasteiger charge is 2.23. The summed E-state index contributed by atoms with van der Waals surface area (Å²) in [5.41, 5.74) is 3.39. The summed E-state index contributed by atoms with van der Waals surface area (Å²) in [5, 5.41) is 10.5. The van der Waals surface area contributed by atoms with Crippen LogP contribution in [0.5, 0.6) is 5.88 Å². The molecule has 0 spiro atoms. The second-order valence-electron chi connectivity index (χ2n) is 8.79. The molecule has 4 rings (SSSR count). The Morgan fingerprint density at radius 3 is 2.56 bits per heavy atom. The molecule has 0 unspecified atom stereocenters. The molecule has 172 valence electrons. The largest absolute Gasteiger partial charge is 0.477 e. The molecule has 1 atom stereocenters. The van der Waals surface area contributed by atoms with E-state index in [0.717, 1.165) is 44.6 Å². The van der Waals surface area contributed by atoms with Crippen LogP contribution in [0.4, 0.5) is 5.82 Å². The van der Waals surface area contributed by atoms with E-state index in [1.54, 1.807) is 0 Å². The fraction of sp³-hybridized carbons (Fsp3) is 0.538. The Morgan fingerprint density at radius 2 is 1.88 bits per heavy atom. The van der Waals surface area contributed by atoms with E-state index in [1.165, 1.54) is 11.1 Å².